The van der Waals surface area contributed by atoms with Crippen molar-refractivity contribution in [3.8, 4) is 11.1 Å². The first-order valence-electron chi connectivity index (χ1n) is 5.84. The first kappa shape index (κ1) is 12.8. The largest absolute Gasteiger partial charge is 0.366 e. The van der Waals surface area contributed by atoms with E-state index in [0.29, 0.717) is 5.56 Å². The Morgan fingerprint density at radius 1 is 1.00 bits per heavy atom. The Bertz CT molecular complexity index is 618. The summed E-state index contributed by atoms with van der Waals surface area (Å²) in [5.74, 6) is -0.555. The molecule has 2 aromatic carbocycles. The number of nitrogens with two attached hydrogens (primary N) is 1. The first-order valence-corrected chi connectivity index (χ1v) is 5.84. The fourth-order valence-corrected chi connectivity index (χ4v) is 1.80. The van der Waals surface area contributed by atoms with Crippen LogP contribution in [0.1, 0.15) is 17.3 Å². The minimum Gasteiger partial charge on any atom is -0.366 e. The Morgan fingerprint density at radius 2 is 1.68 bits per heavy atom. The molecule has 2 amide bonds. The third-order valence-electron chi connectivity index (χ3n) is 2.69. The van der Waals surface area contributed by atoms with Gasteiger partial charge in [0.05, 0.1) is 0 Å². The fraction of sp³-hybridized carbons (Fsp3) is 0.0667. The summed E-state index contributed by atoms with van der Waals surface area (Å²) in [6.07, 6.45) is 0. The van der Waals surface area contributed by atoms with E-state index in [-0.39, 0.29) is 5.91 Å². The van der Waals surface area contributed by atoms with Crippen molar-refractivity contribution in [3.05, 3.63) is 54.1 Å². The zero-order valence-electron chi connectivity index (χ0n) is 10.5. The number of nitrogens with one attached hydrogen (secondary N) is 1. The molecule has 0 saturated heterocycles. The molecule has 0 aliphatic carbocycles. The predicted molar refractivity (Wildman–Crippen MR) is 74.7 cm³/mol. The van der Waals surface area contributed by atoms with Crippen LogP contribution in [0.2, 0.25) is 0 Å². The summed E-state index contributed by atoms with van der Waals surface area (Å²) in [6, 6.07) is 14.5. The van der Waals surface area contributed by atoms with E-state index >= 15 is 0 Å². The fourth-order valence-electron chi connectivity index (χ4n) is 1.80. The van der Waals surface area contributed by atoms with Crippen molar-refractivity contribution in [3.63, 3.8) is 0 Å². The third-order valence-corrected chi connectivity index (χ3v) is 2.69. The van der Waals surface area contributed by atoms with Gasteiger partial charge in [-0.2, -0.15) is 0 Å². The van der Waals surface area contributed by atoms with Crippen molar-refractivity contribution in [1.82, 2.24) is 0 Å². The van der Waals surface area contributed by atoms with Gasteiger partial charge in [0.15, 0.2) is 0 Å². The Balaban J connectivity index is 2.29. The van der Waals surface area contributed by atoms with Crippen LogP contribution in [0, 0.1) is 0 Å². The van der Waals surface area contributed by atoms with E-state index in [2.05, 4.69) is 5.32 Å². The van der Waals surface area contributed by atoms with E-state index in [1.54, 1.807) is 18.2 Å². The molecule has 2 rings (SSSR count). The summed E-state index contributed by atoms with van der Waals surface area (Å²) in [6.45, 7) is 1.46. The maximum atomic E-state index is 11.1. The SMILES string of the molecule is CC(=O)Nc1ccc(-c2cccc(C(N)=O)c2)cc1. The molecule has 0 saturated carbocycles. The van der Waals surface area contributed by atoms with Crippen molar-refractivity contribution < 1.29 is 9.59 Å². The quantitative estimate of drug-likeness (QED) is 0.882. The molecule has 0 bridgehead atoms. The number of primary amides is 1. The third kappa shape index (κ3) is 3.19. The number of rotatable bonds is 3. The van der Waals surface area contributed by atoms with Gasteiger partial charge in [-0.05, 0) is 35.4 Å². The molecule has 2 aromatic rings. The summed E-state index contributed by atoms with van der Waals surface area (Å²) in [4.78, 5) is 22.1. The molecule has 4 nitrogen and oxygen atoms in total. The molecule has 0 spiro atoms. The van der Waals surface area contributed by atoms with Gasteiger partial charge in [0.1, 0.15) is 0 Å². The van der Waals surface area contributed by atoms with Gasteiger partial charge in [-0.25, -0.2) is 0 Å². The summed E-state index contributed by atoms with van der Waals surface area (Å²) < 4.78 is 0. The highest BCUT2D eigenvalue weighted by molar-refractivity contribution is 5.94. The molecular weight excluding hydrogens is 240 g/mol. The Hall–Kier alpha value is -2.62. The lowest BCUT2D eigenvalue weighted by Gasteiger charge is -2.06. The second-order valence-corrected chi connectivity index (χ2v) is 4.20. The van der Waals surface area contributed by atoms with E-state index in [1.165, 1.54) is 6.92 Å². The van der Waals surface area contributed by atoms with Crippen LogP contribution in [-0.2, 0) is 4.79 Å². The molecule has 0 radical (unpaired) electrons. The molecule has 0 atom stereocenters. The van der Waals surface area contributed by atoms with Crippen LogP contribution in [0.25, 0.3) is 11.1 Å². The molecule has 19 heavy (non-hydrogen) atoms. The highest BCUT2D eigenvalue weighted by Crippen LogP contribution is 2.22. The maximum absolute atomic E-state index is 11.1. The second-order valence-electron chi connectivity index (χ2n) is 4.20. The van der Waals surface area contributed by atoms with E-state index in [1.807, 2.05) is 30.3 Å². The van der Waals surface area contributed by atoms with E-state index in [9.17, 15) is 9.59 Å². The van der Waals surface area contributed by atoms with Crippen LogP contribution >= 0.6 is 0 Å². The van der Waals surface area contributed by atoms with Crippen molar-refractivity contribution in [2.45, 2.75) is 6.92 Å². The Kier molecular flexibility index (Phi) is 3.61. The van der Waals surface area contributed by atoms with E-state index in [0.717, 1.165) is 16.8 Å². The molecule has 0 aliphatic rings. The average molecular weight is 254 g/mol. The Morgan fingerprint density at radius 3 is 2.26 bits per heavy atom. The Labute approximate surface area is 111 Å². The topological polar surface area (TPSA) is 72.2 Å². The van der Waals surface area contributed by atoms with Gasteiger partial charge in [-0.15, -0.1) is 0 Å². The summed E-state index contributed by atoms with van der Waals surface area (Å²) in [5, 5.41) is 2.70. The molecule has 0 aromatic heterocycles. The van der Waals surface area contributed by atoms with Crippen LogP contribution in [0.5, 0.6) is 0 Å². The molecule has 0 unspecified atom stereocenters. The molecule has 0 fully saturated rings. The molecular formula is C15H14N2O2. The number of hydrogen-bond donors (Lipinski definition) is 2. The number of carbonyl (C=O) groups excluding carboxylic acids is 2. The highest BCUT2D eigenvalue weighted by atomic mass is 16.1. The minimum atomic E-state index is -0.447. The number of hydrogen-bond acceptors (Lipinski definition) is 2. The number of benzene rings is 2. The second kappa shape index (κ2) is 5.35. The van der Waals surface area contributed by atoms with E-state index in [4.69, 9.17) is 5.73 Å². The molecule has 96 valence electrons. The average Bonchev–Trinajstić information content (AvgIpc) is 2.39. The predicted octanol–water partition coefficient (Wildman–Crippen LogP) is 2.41. The lowest BCUT2D eigenvalue weighted by atomic mass is 10.0. The van der Waals surface area contributed by atoms with Gasteiger partial charge in [0, 0.05) is 18.2 Å². The van der Waals surface area contributed by atoms with Crippen LogP contribution < -0.4 is 11.1 Å². The molecule has 0 heterocycles. The van der Waals surface area contributed by atoms with E-state index < -0.39 is 5.91 Å². The van der Waals surface area contributed by atoms with Crippen molar-refractivity contribution in [2.24, 2.45) is 5.73 Å². The van der Waals surface area contributed by atoms with Gasteiger partial charge < -0.3 is 11.1 Å². The van der Waals surface area contributed by atoms with Gasteiger partial charge in [-0.1, -0.05) is 24.3 Å². The number of amides is 2. The smallest absolute Gasteiger partial charge is 0.248 e. The summed E-state index contributed by atoms with van der Waals surface area (Å²) >= 11 is 0. The van der Waals surface area contributed by atoms with Gasteiger partial charge >= 0.3 is 0 Å². The molecule has 4 heteroatoms. The lowest BCUT2D eigenvalue weighted by Crippen LogP contribution is -2.10. The van der Waals surface area contributed by atoms with Crippen LogP contribution in [0.15, 0.2) is 48.5 Å². The standard InChI is InChI=1S/C15H14N2O2/c1-10(18)17-14-7-5-11(6-8-14)12-3-2-4-13(9-12)15(16)19/h2-9H,1H3,(H2,16,19)(H,17,18). The molecule has 3 N–H and O–H groups in total. The normalized spacial score (nSPS) is 9.95. The lowest BCUT2D eigenvalue weighted by molar-refractivity contribution is -0.114. The van der Waals surface area contributed by atoms with Gasteiger partial charge in [0.2, 0.25) is 11.8 Å². The molecule has 0 aliphatic heterocycles. The number of carbonyl (C=O) groups is 2. The zero-order chi connectivity index (χ0) is 13.8. The van der Waals surface area contributed by atoms with Crippen LogP contribution in [-0.4, -0.2) is 11.8 Å². The number of anilines is 1. The summed E-state index contributed by atoms with van der Waals surface area (Å²) in [7, 11) is 0. The van der Waals surface area contributed by atoms with Crippen molar-refractivity contribution in [1.29, 1.82) is 0 Å². The monoisotopic (exact) mass is 254 g/mol. The zero-order valence-corrected chi connectivity index (χ0v) is 10.5. The minimum absolute atomic E-state index is 0.108. The maximum Gasteiger partial charge on any atom is 0.248 e. The first-order chi connectivity index (χ1) is 9.06. The summed E-state index contributed by atoms with van der Waals surface area (Å²) in [5.41, 5.74) is 8.33. The van der Waals surface area contributed by atoms with Gasteiger partial charge in [0.25, 0.3) is 0 Å². The van der Waals surface area contributed by atoms with Crippen LogP contribution in [0.4, 0.5) is 5.69 Å². The highest BCUT2D eigenvalue weighted by Gasteiger charge is 2.03. The van der Waals surface area contributed by atoms with Crippen molar-refractivity contribution in [2.75, 3.05) is 5.32 Å². The van der Waals surface area contributed by atoms with Crippen LogP contribution in [0.3, 0.4) is 0 Å². The van der Waals surface area contributed by atoms with Gasteiger partial charge in [-0.3, -0.25) is 9.59 Å². The van der Waals surface area contributed by atoms with Crippen molar-refractivity contribution >= 4 is 17.5 Å².